The van der Waals surface area contributed by atoms with Crippen LogP contribution in [0.2, 0.25) is 0 Å². The summed E-state index contributed by atoms with van der Waals surface area (Å²) in [7, 11) is 0. The van der Waals surface area contributed by atoms with E-state index in [0.29, 0.717) is 17.9 Å². The minimum Gasteiger partial charge on any atom is -0.489 e. The van der Waals surface area contributed by atoms with Gasteiger partial charge in [-0.3, -0.25) is 10.1 Å². The highest BCUT2D eigenvalue weighted by Gasteiger charge is 2.11. The average molecular weight is 413 g/mol. The number of anilines is 1. The third-order valence-corrected chi connectivity index (χ3v) is 4.53. The zero-order chi connectivity index (χ0) is 21.6. The highest BCUT2D eigenvalue weighted by molar-refractivity contribution is 5.79. The van der Waals surface area contributed by atoms with Crippen LogP contribution in [0.4, 0.5) is 11.6 Å². The molecule has 0 saturated heterocycles. The largest absolute Gasteiger partial charge is 0.489 e. The van der Waals surface area contributed by atoms with Crippen LogP contribution in [0.5, 0.6) is 5.75 Å². The predicted octanol–water partition coefficient (Wildman–Crippen LogP) is 4.50. The van der Waals surface area contributed by atoms with Gasteiger partial charge in [0.2, 0.25) is 5.95 Å². The fourth-order valence-corrected chi connectivity index (χ4v) is 2.92. The van der Waals surface area contributed by atoms with E-state index in [1.807, 2.05) is 54.6 Å². The number of rotatable bonds is 7. The Labute approximate surface area is 178 Å². The van der Waals surface area contributed by atoms with E-state index >= 15 is 0 Å². The molecular formula is C23H19N5O3. The van der Waals surface area contributed by atoms with E-state index in [1.54, 1.807) is 24.5 Å². The van der Waals surface area contributed by atoms with Gasteiger partial charge in [-0.1, -0.05) is 42.5 Å². The van der Waals surface area contributed by atoms with Crippen LogP contribution < -0.4 is 10.5 Å². The van der Waals surface area contributed by atoms with E-state index in [1.165, 1.54) is 16.8 Å². The fraction of sp³-hybridized carbons (Fsp3) is 0.0435. The second-order valence-corrected chi connectivity index (χ2v) is 6.72. The summed E-state index contributed by atoms with van der Waals surface area (Å²) in [5, 5.41) is 15.3. The van der Waals surface area contributed by atoms with Crippen molar-refractivity contribution in [1.82, 2.24) is 9.66 Å². The van der Waals surface area contributed by atoms with Crippen LogP contribution in [0.1, 0.15) is 11.1 Å². The Morgan fingerprint density at radius 2 is 1.84 bits per heavy atom. The smallest absolute Gasteiger partial charge is 0.270 e. The van der Waals surface area contributed by atoms with Crippen molar-refractivity contribution in [2.45, 2.75) is 6.61 Å². The van der Waals surface area contributed by atoms with Crippen LogP contribution in [0, 0.1) is 10.1 Å². The van der Waals surface area contributed by atoms with Gasteiger partial charge in [-0.05, 0) is 35.4 Å². The maximum absolute atomic E-state index is 11.0. The summed E-state index contributed by atoms with van der Waals surface area (Å²) in [5.74, 6) is 0.941. The van der Waals surface area contributed by atoms with Crippen molar-refractivity contribution < 1.29 is 9.66 Å². The van der Waals surface area contributed by atoms with Gasteiger partial charge in [-0.15, -0.1) is 0 Å². The van der Waals surface area contributed by atoms with E-state index in [2.05, 4.69) is 10.1 Å². The zero-order valence-electron chi connectivity index (χ0n) is 16.5. The summed E-state index contributed by atoms with van der Waals surface area (Å²) in [4.78, 5) is 14.8. The number of ether oxygens (including phenoxy) is 1. The standard InChI is InChI=1S/C23H19N5O3/c24-23-26-22(19-7-4-8-20(13-19)28(29)30)15-27(23)25-14-17-9-11-21(12-10-17)31-16-18-5-2-1-3-6-18/h1-15H,16H2,(H2,24,26). The van der Waals surface area contributed by atoms with Gasteiger partial charge in [0.05, 0.1) is 23.0 Å². The lowest BCUT2D eigenvalue weighted by Crippen LogP contribution is -1.97. The van der Waals surface area contributed by atoms with Crippen LogP contribution in [-0.2, 0) is 6.61 Å². The molecule has 31 heavy (non-hydrogen) atoms. The van der Waals surface area contributed by atoms with Gasteiger partial charge in [0.25, 0.3) is 5.69 Å². The molecule has 0 unspecified atom stereocenters. The quantitative estimate of drug-likeness (QED) is 0.273. The molecule has 2 N–H and O–H groups in total. The van der Waals surface area contributed by atoms with Crippen molar-refractivity contribution in [1.29, 1.82) is 0 Å². The van der Waals surface area contributed by atoms with Crippen LogP contribution in [-0.4, -0.2) is 20.8 Å². The number of non-ortho nitro benzene ring substituents is 1. The lowest BCUT2D eigenvalue weighted by molar-refractivity contribution is -0.384. The van der Waals surface area contributed by atoms with E-state index in [4.69, 9.17) is 10.5 Å². The van der Waals surface area contributed by atoms with Gasteiger partial charge in [-0.25, -0.2) is 9.66 Å². The minimum atomic E-state index is -0.449. The SMILES string of the molecule is Nc1nc(-c2cccc([N+](=O)[O-])c2)cn1N=Cc1ccc(OCc2ccccc2)cc1. The van der Waals surface area contributed by atoms with Gasteiger partial charge >= 0.3 is 0 Å². The lowest BCUT2D eigenvalue weighted by Gasteiger charge is -2.06. The molecule has 4 aromatic rings. The topological polar surface area (TPSA) is 109 Å². The first-order valence-corrected chi connectivity index (χ1v) is 9.49. The molecule has 0 aliphatic rings. The molecule has 0 amide bonds. The number of nitrogens with two attached hydrogens (primary N) is 1. The van der Waals surface area contributed by atoms with Gasteiger partial charge in [-0.2, -0.15) is 5.10 Å². The second kappa shape index (κ2) is 8.91. The van der Waals surface area contributed by atoms with Crippen LogP contribution in [0.25, 0.3) is 11.3 Å². The van der Waals surface area contributed by atoms with Crippen LogP contribution in [0.3, 0.4) is 0 Å². The summed E-state index contributed by atoms with van der Waals surface area (Å²) in [6.45, 7) is 0.500. The van der Waals surface area contributed by atoms with Gasteiger partial charge in [0, 0.05) is 17.7 Å². The summed E-state index contributed by atoms with van der Waals surface area (Å²) < 4.78 is 7.20. The Hall–Kier alpha value is -4.46. The number of aromatic nitrogens is 2. The maximum atomic E-state index is 11.0. The number of nitro groups is 1. The molecule has 0 aliphatic heterocycles. The highest BCUT2D eigenvalue weighted by Crippen LogP contribution is 2.24. The molecule has 0 atom stereocenters. The molecule has 0 radical (unpaired) electrons. The van der Waals surface area contributed by atoms with E-state index < -0.39 is 4.92 Å². The number of nitrogens with zero attached hydrogens (tertiary/aromatic N) is 4. The Morgan fingerprint density at radius 1 is 1.06 bits per heavy atom. The normalized spacial score (nSPS) is 11.0. The molecular weight excluding hydrogens is 394 g/mol. The Bertz CT molecular complexity index is 1220. The predicted molar refractivity (Wildman–Crippen MR) is 119 cm³/mol. The van der Waals surface area contributed by atoms with E-state index in [9.17, 15) is 10.1 Å². The van der Waals surface area contributed by atoms with Gasteiger partial charge < -0.3 is 10.5 Å². The number of hydrogen-bond donors (Lipinski definition) is 1. The molecule has 0 fully saturated rings. The summed E-state index contributed by atoms with van der Waals surface area (Å²) in [6, 6.07) is 23.7. The number of nitro benzene ring substituents is 1. The molecule has 8 heteroatoms. The number of benzene rings is 3. The molecule has 1 aromatic heterocycles. The Balaban J connectivity index is 1.44. The molecule has 4 rings (SSSR count). The number of nitrogen functional groups attached to an aromatic ring is 1. The van der Waals surface area contributed by atoms with Gasteiger partial charge in [0.1, 0.15) is 12.4 Å². The van der Waals surface area contributed by atoms with Crippen molar-refractivity contribution in [3.05, 3.63) is 106 Å². The van der Waals surface area contributed by atoms with E-state index in [0.717, 1.165) is 16.9 Å². The van der Waals surface area contributed by atoms with Gasteiger partial charge in [0.15, 0.2) is 0 Å². The Morgan fingerprint density at radius 3 is 2.58 bits per heavy atom. The fourth-order valence-electron chi connectivity index (χ4n) is 2.92. The van der Waals surface area contributed by atoms with Crippen molar-refractivity contribution in [2.75, 3.05) is 5.73 Å². The first-order chi connectivity index (χ1) is 15.1. The third kappa shape index (κ3) is 4.94. The van der Waals surface area contributed by atoms with Crippen molar-refractivity contribution in [3.8, 4) is 17.0 Å². The maximum Gasteiger partial charge on any atom is 0.270 e. The minimum absolute atomic E-state index is 0.0105. The molecule has 8 nitrogen and oxygen atoms in total. The Kier molecular flexibility index (Phi) is 5.70. The molecule has 0 bridgehead atoms. The molecule has 3 aromatic carbocycles. The number of imidazole rings is 1. The molecule has 0 aliphatic carbocycles. The monoisotopic (exact) mass is 413 g/mol. The average Bonchev–Trinajstić information content (AvgIpc) is 3.18. The lowest BCUT2D eigenvalue weighted by atomic mass is 10.1. The van der Waals surface area contributed by atoms with Crippen molar-refractivity contribution in [3.63, 3.8) is 0 Å². The van der Waals surface area contributed by atoms with Crippen LogP contribution >= 0.6 is 0 Å². The molecule has 154 valence electrons. The van der Waals surface area contributed by atoms with Crippen LogP contribution in [0.15, 0.2) is 90.2 Å². The zero-order valence-corrected chi connectivity index (χ0v) is 16.5. The van der Waals surface area contributed by atoms with Crippen molar-refractivity contribution >= 4 is 17.9 Å². The highest BCUT2D eigenvalue weighted by atomic mass is 16.6. The molecule has 1 heterocycles. The molecule has 0 saturated carbocycles. The first kappa shape index (κ1) is 19.8. The van der Waals surface area contributed by atoms with E-state index in [-0.39, 0.29) is 11.6 Å². The summed E-state index contributed by atoms with van der Waals surface area (Å²) >= 11 is 0. The number of hydrogen-bond acceptors (Lipinski definition) is 6. The summed E-state index contributed by atoms with van der Waals surface area (Å²) in [6.07, 6.45) is 3.28. The second-order valence-electron chi connectivity index (χ2n) is 6.72. The van der Waals surface area contributed by atoms with Crippen molar-refractivity contribution in [2.24, 2.45) is 5.10 Å². The third-order valence-electron chi connectivity index (χ3n) is 4.53. The first-order valence-electron chi connectivity index (χ1n) is 9.49. The molecule has 0 spiro atoms. The summed E-state index contributed by atoms with van der Waals surface area (Å²) in [5.41, 5.74) is 8.99.